The normalized spacial score (nSPS) is 30.7. The molecule has 360 valence electrons. The second kappa shape index (κ2) is 24.4. The minimum absolute atomic E-state index is 0. The second-order valence-electron chi connectivity index (χ2n) is 18.2. The molecule has 0 bridgehead atoms. The Balaban J connectivity index is 0.00000817. The monoisotopic (exact) mass is 913 g/mol. The van der Waals surface area contributed by atoms with Crippen molar-refractivity contribution in [3.63, 3.8) is 0 Å². The first kappa shape index (κ1) is 52.3. The molecule has 1 saturated heterocycles. The highest BCUT2D eigenvalue weighted by Gasteiger charge is 2.47. The molecule has 15 heteroatoms. The Labute approximate surface area is 390 Å². The predicted octanol–water partition coefficient (Wildman–Crippen LogP) is 5.67. The van der Waals surface area contributed by atoms with Gasteiger partial charge in [0.25, 0.3) is 0 Å². The number of fused-ring (bicyclic) bond motifs is 1. The van der Waals surface area contributed by atoms with Gasteiger partial charge in [-0.25, -0.2) is 4.68 Å². The number of allylic oxidation sites excluding steroid dienone is 3. The molecule has 2 aromatic heterocycles. The highest BCUT2D eigenvalue weighted by Crippen LogP contribution is 2.35. The Hall–Kier alpha value is -4.71. The zero-order valence-electron chi connectivity index (χ0n) is 38.8. The lowest BCUT2D eigenvalue weighted by Gasteiger charge is -2.46. The summed E-state index contributed by atoms with van der Waals surface area (Å²) < 4.78 is 20.7. The molecule has 0 radical (unpaired) electrons. The summed E-state index contributed by atoms with van der Waals surface area (Å²) in [7, 11) is 3.53. The van der Waals surface area contributed by atoms with Crippen molar-refractivity contribution >= 4 is 22.7 Å². The molecular weight excluding hydrogens is 841 g/mol. The summed E-state index contributed by atoms with van der Waals surface area (Å²) in [5.41, 5.74) is 4.26. The van der Waals surface area contributed by atoms with Gasteiger partial charge in [0.05, 0.1) is 66.6 Å². The Morgan fingerprint density at radius 2 is 1.70 bits per heavy atom. The van der Waals surface area contributed by atoms with Crippen molar-refractivity contribution in [3.05, 3.63) is 108 Å². The van der Waals surface area contributed by atoms with Gasteiger partial charge in [-0.1, -0.05) is 87.5 Å². The number of aliphatic hydroxyl groups excluding tert-OH is 4. The summed E-state index contributed by atoms with van der Waals surface area (Å²) in [6, 6.07) is 19.2. The molecule has 4 N–H and O–H groups in total. The van der Waals surface area contributed by atoms with E-state index in [-0.39, 0.29) is 26.2 Å². The molecule has 0 spiro atoms. The van der Waals surface area contributed by atoms with E-state index in [1.54, 1.807) is 61.9 Å². The molecule has 2 aliphatic rings. The smallest absolute Gasteiger partial charge is 0.308 e. The number of benzene rings is 2. The molecule has 0 saturated carbocycles. The van der Waals surface area contributed by atoms with Crippen LogP contribution >= 0.6 is 0 Å². The first-order valence-corrected chi connectivity index (χ1v) is 22.9. The fraction of sp³-hybridized carbons (Fsp3) is 0.549. The van der Waals surface area contributed by atoms with Gasteiger partial charge in [-0.2, -0.15) is 0 Å². The number of ether oxygens (including phenoxy) is 3. The van der Waals surface area contributed by atoms with Crippen molar-refractivity contribution in [2.45, 2.75) is 130 Å². The number of hydrogen-bond acceptors (Lipinski definition) is 14. The summed E-state index contributed by atoms with van der Waals surface area (Å²) in [4.78, 5) is 36.1. The maximum atomic E-state index is 14.0. The van der Waals surface area contributed by atoms with Crippen molar-refractivity contribution in [2.75, 3.05) is 27.2 Å². The van der Waals surface area contributed by atoms with Crippen molar-refractivity contribution < 1.29 is 44.2 Å². The van der Waals surface area contributed by atoms with Gasteiger partial charge in [0.15, 0.2) is 12.1 Å². The van der Waals surface area contributed by atoms with Crippen molar-refractivity contribution in [1.29, 1.82) is 0 Å². The minimum Gasteiger partial charge on any atom is -0.462 e. The standard InChI is InChI=1S/C50H68N6O9.CH4/c1-8-44-37(30-57)24-31(2)19-20-42(58)32(3)25-36(49(33(4)43(59)26-45(60)64-44)65-50-48(62)46(54(6)7)47(61)34(5)63-50)21-23-55(27-35-14-10-9-11-15-35)28-38-29-56(53-52-38)41-18-12-17-40-39(41)16-13-22-51-40;/h9-20,22,24,29,32-34,36-37,43-44,46-50,57,59,61-62H,8,21,23,25-28,30H2,1-7H3;1H4/b20-19+,31-24+;/t32-,33+,34-,36+,37-,43-,44-,46?,47-,48?,49-,50+;/m1./s1. The zero-order chi connectivity index (χ0) is 46.8. The van der Waals surface area contributed by atoms with E-state index >= 15 is 0 Å². The average molecular weight is 913 g/mol. The number of aromatic nitrogens is 4. The van der Waals surface area contributed by atoms with Crippen molar-refractivity contribution in [3.8, 4) is 5.69 Å². The molecule has 6 rings (SSSR count). The largest absolute Gasteiger partial charge is 0.462 e. The lowest BCUT2D eigenvalue weighted by molar-refractivity contribution is -0.304. The third-order valence-electron chi connectivity index (χ3n) is 13.0. The lowest BCUT2D eigenvalue weighted by atomic mass is 9.79. The van der Waals surface area contributed by atoms with Crippen LogP contribution in [-0.4, -0.2) is 138 Å². The van der Waals surface area contributed by atoms with Crippen LogP contribution in [-0.2, 0) is 36.9 Å². The van der Waals surface area contributed by atoms with Gasteiger partial charge in [0, 0.05) is 42.4 Å². The molecule has 12 atom stereocenters. The van der Waals surface area contributed by atoms with Gasteiger partial charge in [0.1, 0.15) is 12.2 Å². The molecule has 4 aromatic rings. The molecule has 0 amide bonds. The summed E-state index contributed by atoms with van der Waals surface area (Å²) in [6.07, 6.45) is 2.63. The number of pyridine rings is 1. The van der Waals surface area contributed by atoms with E-state index in [0.717, 1.165) is 33.4 Å². The van der Waals surface area contributed by atoms with E-state index in [1.165, 1.54) is 0 Å². The van der Waals surface area contributed by atoms with Gasteiger partial charge < -0.3 is 39.5 Å². The summed E-state index contributed by atoms with van der Waals surface area (Å²) in [5.74, 6) is -2.91. The summed E-state index contributed by atoms with van der Waals surface area (Å²) in [6.45, 7) is 10.3. The van der Waals surface area contributed by atoms with Gasteiger partial charge in [-0.3, -0.25) is 19.5 Å². The number of likely N-dealkylation sites (N-methyl/N-ethyl adjacent to an activating group) is 1. The van der Waals surface area contributed by atoms with Crippen LogP contribution < -0.4 is 0 Å². The van der Waals surface area contributed by atoms with Crippen LogP contribution in [0.4, 0.5) is 0 Å². The first-order valence-electron chi connectivity index (χ1n) is 22.9. The highest BCUT2D eigenvalue weighted by atomic mass is 16.7. The van der Waals surface area contributed by atoms with E-state index in [0.29, 0.717) is 38.9 Å². The zero-order valence-corrected chi connectivity index (χ0v) is 38.8. The maximum absolute atomic E-state index is 14.0. The SMILES string of the molecule is C.CC[C@H]1OC(=O)C[C@@H](O)[C@H](C)[C@@H](O[C@@H]2O[C@H](C)[C@@H](O)C(N(C)C)C2O)[C@@H](CCN(Cc2ccccc2)Cc2cn(-c3cccc4ncccc34)nn2)C[C@@H](C)C(=O)/C=C/C(C)=C/[C@@H]1CO. The molecule has 2 aromatic carbocycles. The van der Waals surface area contributed by atoms with Crippen molar-refractivity contribution in [2.24, 2.45) is 23.7 Å². The average Bonchev–Trinajstić information content (AvgIpc) is 3.76. The fourth-order valence-corrected chi connectivity index (χ4v) is 9.27. The van der Waals surface area contributed by atoms with Gasteiger partial charge >= 0.3 is 5.97 Å². The molecule has 4 heterocycles. The van der Waals surface area contributed by atoms with Gasteiger partial charge in [-0.15, -0.1) is 5.10 Å². The van der Waals surface area contributed by atoms with Gasteiger partial charge in [-0.05, 0) is 95.6 Å². The molecular formula is C51H72N6O9. The van der Waals surface area contributed by atoms with E-state index in [2.05, 4.69) is 32.3 Å². The molecule has 15 nitrogen and oxygen atoms in total. The topological polar surface area (TPSA) is 193 Å². The van der Waals surface area contributed by atoms with Crippen molar-refractivity contribution in [1.82, 2.24) is 29.8 Å². The number of hydrogen-bond donors (Lipinski definition) is 4. The Bertz CT molecular complexity index is 2210. The lowest BCUT2D eigenvalue weighted by Crippen LogP contribution is -2.63. The Kier molecular flexibility index (Phi) is 19.3. The number of carbonyl (C=O) groups excluding carboxylic acids is 2. The second-order valence-corrected chi connectivity index (χ2v) is 18.2. The molecule has 2 unspecified atom stereocenters. The van der Waals surface area contributed by atoms with Crippen LogP contribution in [0.15, 0.2) is 96.9 Å². The third-order valence-corrected chi connectivity index (χ3v) is 13.0. The van der Waals surface area contributed by atoms with E-state index in [9.17, 15) is 30.0 Å². The van der Waals surface area contributed by atoms with Gasteiger partial charge in [0.2, 0.25) is 0 Å². The van der Waals surface area contributed by atoms with Crippen LogP contribution in [0.5, 0.6) is 0 Å². The molecule has 1 fully saturated rings. The number of rotatable bonds is 13. The maximum Gasteiger partial charge on any atom is 0.308 e. The predicted molar refractivity (Wildman–Crippen MR) is 253 cm³/mol. The number of nitrogens with zero attached hydrogens (tertiary/aromatic N) is 6. The number of cyclic esters (lactones) is 1. The van der Waals surface area contributed by atoms with Crippen LogP contribution in [0, 0.1) is 23.7 Å². The summed E-state index contributed by atoms with van der Waals surface area (Å²) >= 11 is 0. The van der Waals surface area contributed by atoms with E-state index in [4.69, 9.17) is 14.2 Å². The molecule has 0 aliphatic carbocycles. The quantitative estimate of drug-likeness (QED) is 0.120. The van der Waals surface area contributed by atoms with Crippen LogP contribution in [0.1, 0.15) is 79.0 Å². The third kappa shape index (κ3) is 13.3. The Morgan fingerprint density at radius 3 is 2.41 bits per heavy atom. The molecule has 66 heavy (non-hydrogen) atoms. The number of esters is 1. The highest BCUT2D eigenvalue weighted by molar-refractivity contribution is 5.91. The van der Waals surface area contributed by atoms with Crippen LogP contribution in [0.2, 0.25) is 0 Å². The summed E-state index contributed by atoms with van der Waals surface area (Å²) in [5, 5.41) is 55.1. The molecule has 2 aliphatic heterocycles. The van der Waals surface area contributed by atoms with E-state index in [1.807, 2.05) is 75.5 Å². The van der Waals surface area contributed by atoms with Crippen LogP contribution in [0.3, 0.4) is 0 Å². The Morgan fingerprint density at radius 1 is 0.939 bits per heavy atom. The minimum atomic E-state index is -1.28. The van der Waals surface area contributed by atoms with E-state index < -0.39 is 78.6 Å². The number of carbonyl (C=O) groups is 2. The number of aliphatic hydroxyl groups is 4. The first-order chi connectivity index (χ1) is 31.2. The fourth-order valence-electron chi connectivity index (χ4n) is 9.27. The van der Waals surface area contributed by atoms with Crippen LogP contribution in [0.25, 0.3) is 16.6 Å². The number of ketones is 1.